The Morgan fingerprint density at radius 1 is 0.492 bits per heavy atom. The Morgan fingerprint density at radius 3 is 1.33 bits per heavy atom. The number of hydrogen-bond donors (Lipinski definition) is 1. The van der Waals surface area contributed by atoms with Crippen LogP contribution in [-0.4, -0.2) is 68.2 Å². The second kappa shape index (κ2) is 39.8. The zero-order chi connectivity index (χ0) is 45.3. The number of esters is 2. The molecule has 0 aliphatic rings. The fourth-order valence-electron chi connectivity index (χ4n) is 7.67. The molecule has 0 aliphatic carbocycles. The molecule has 0 aromatic heterocycles. The van der Waals surface area contributed by atoms with Crippen LogP contribution in [0.25, 0.3) is 0 Å². The summed E-state index contributed by atoms with van der Waals surface area (Å²) < 4.78 is 42.4. The molecule has 2 aromatic carbocycles. The van der Waals surface area contributed by atoms with Gasteiger partial charge < -0.3 is 28.4 Å². The third-order valence-electron chi connectivity index (χ3n) is 11.7. The fourth-order valence-corrected chi connectivity index (χ4v) is 8.81. The van der Waals surface area contributed by atoms with Crippen molar-refractivity contribution < 1.29 is 42.5 Å². The predicted molar refractivity (Wildman–Crippen MR) is 259 cm³/mol. The molecule has 0 aliphatic heterocycles. The summed E-state index contributed by atoms with van der Waals surface area (Å²) in [5.74, 6) is -1.19. The molecule has 0 fully saturated rings. The lowest BCUT2D eigenvalue weighted by Gasteiger charge is -2.22. The van der Waals surface area contributed by atoms with Crippen molar-refractivity contribution in [2.75, 3.05) is 39.2 Å². The molecule has 0 amide bonds. The van der Waals surface area contributed by atoms with Crippen LogP contribution in [0.4, 0.5) is 0 Å². The number of unbranched alkanes of at least 4 members (excludes halogenated alkanes) is 26. The fraction of sp³-hybridized carbons (Fsp3) is 0.736. The minimum atomic E-state index is -4.14. The van der Waals surface area contributed by atoms with E-state index in [9.17, 15) is 19.0 Å². The largest absolute Gasteiger partial charge is 0.458 e. The molecule has 10 heteroatoms. The minimum absolute atomic E-state index is 0.0470. The van der Waals surface area contributed by atoms with Crippen molar-refractivity contribution >= 4 is 19.5 Å². The van der Waals surface area contributed by atoms with Gasteiger partial charge in [-0.15, -0.1) is 0 Å². The molecule has 1 N–H and O–H groups in total. The van der Waals surface area contributed by atoms with Gasteiger partial charge in [-0.1, -0.05) is 217 Å². The van der Waals surface area contributed by atoms with E-state index in [1.807, 2.05) is 0 Å². The second-order valence-corrected chi connectivity index (χ2v) is 19.5. The molecular weight excluding hydrogens is 812 g/mol. The average Bonchev–Trinajstić information content (AvgIpc) is 3.30. The van der Waals surface area contributed by atoms with Gasteiger partial charge in [0.1, 0.15) is 18.8 Å². The van der Waals surface area contributed by atoms with Gasteiger partial charge in [0.2, 0.25) is 0 Å². The molecule has 0 heterocycles. The van der Waals surface area contributed by atoms with Crippen LogP contribution in [0.1, 0.15) is 221 Å². The molecule has 3 atom stereocenters. The van der Waals surface area contributed by atoms with Gasteiger partial charge in [0, 0.05) is 13.2 Å². The number of rotatable bonds is 44. The SMILES string of the molecule is CCCCCCCCCCCCCCCCOCC(COP(=O)(O)CCC(COC(=O)c1ccccc1)OC(=O)c1ccccc1)OCCCCCCCCCCCCCCCC. The lowest BCUT2D eigenvalue weighted by atomic mass is 10.0. The predicted octanol–water partition coefficient (Wildman–Crippen LogP) is 15.0. The van der Waals surface area contributed by atoms with Crippen LogP contribution >= 0.6 is 7.60 Å². The van der Waals surface area contributed by atoms with Gasteiger partial charge in [0.25, 0.3) is 0 Å². The van der Waals surface area contributed by atoms with Crippen molar-refractivity contribution in [3.8, 4) is 0 Å². The first-order valence-corrected chi connectivity index (χ1v) is 27.2. The number of carbonyl (C=O) groups is 2. The number of hydrogen-bond acceptors (Lipinski definition) is 8. The maximum atomic E-state index is 13.4. The zero-order valence-electron chi connectivity index (χ0n) is 39.8. The summed E-state index contributed by atoms with van der Waals surface area (Å²) in [6.45, 7) is 5.60. The number of ether oxygens (including phenoxy) is 4. The van der Waals surface area contributed by atoms with Crippen LogP contribution in [0.2, 0.25) is 0 Å². The summed E-state index contributed by atoms with van der Waals surface area (Å²) >= 11 is 0. The zero-order valence-corrected chi connectivity index (χ0v) is 40.7. The van der Waals surface area contributed by atoms with Crippen LogP contribution in [0.15, 0.2) is 60.7 Å². The van der Waals surface area contributed by atoms with E-state index in [0.717, 1.165) is 25.7 Å². The second-order valence-electron chi connectivity index (χ2n) is 17.6. The van der Waals surface area contributed by atoms with Crippen molar-refractivity contribution in [1.82, 2.24) is 0 Å². The molecule has 0 bridgehead atoms. The van der Waals surface area contributed by atoms with E-state index in [0.29, 0.717) is 24.3 Å². The molecule has 0 spiro atoms. The summed E-state index contributed by atoms with van der Waals surface area (Å²) in [7, 11) is -4.14. The van der Waals surface area contributed by atoms with Gasteiger partial charge in [-0.05, 0) is 43.5 Å². The van der Waals surface area contributed by atoms with E-state index in [-0.39, 0.29) is 32.4 Å². The lowest BCUT2D eigenvalue weighted by molar-refractivity contribution is -0.0405. The maximum Gasteiger partial charge on any atom is 0.338 e. The van der Waals surface area contributed by atoms with E-state index < -0.39 is 31.7 Å². The van der Waals surface area contributed by atoms with Gasteiger partial charge in [-0.2, -0.15) is 0 Å². The Balaban J connectivity index is 1.78. The Kier molecular flexibility index (Phi) is 35.7. The Morgan fingerprint density at radius 2 is 0.889 bits per heavy atom. The van der Waals surface area contributed by atoms with E-state index >= 15 is 0 Å². The molecule has 0 saturated carbocycles. The first-order valence-electron chi connectivity index (χ1n) is 25.5. The summed E-state index contributed by atoms with van der Waals surface area (Å²) in [5.41, 5.74) is 0.682. The number of benzene rings is 2. The van der Waals surface area contributed by atoms with Gasteiger partial charge in [-0.3, -0.25) is 4.57 Å². The smallest absolute Gasteiger partial charge is 0.338 e. The molecule has 3 unspecified atom stereocenters. The highest BCUT2D eigenvalue weighted by atomic mass is 31.2. The lowest BCUT2D eigenvalue weighted by Crippen LogP contribution is -2.28. The van der Waals surface area contributed by atoms with Crippen LogP contribution in [0.3, 0.4) is 0 Å². The maximum absolute atomic E-state index is 13.4. The monoisotopic (exact) mass is 901 g/mol. The Bertz CT molecular complexity index is 1390. The third kappa shape index (κ3) is 32.7. The van der Waals surface area contributed by atoms with Crippen LogP contribution in [0.5, 0.6) is 0 Å². The van der Waals surface area contributed by atoms with Gasteiger partial charge >= 0.3 is 19.5 Å². The van der Waals surface area contributed by atoms with Gasteiger partial charge in [0.05, 0.1) is 30.5 Å². The van der Waals surface area contributed by atoms with E-state index in [1.54, 1.807) is 60.7 Å². The van der Waals surface area contributed by atoms with Crippen LogP contribution in [0, 0.1) is 0 Å². The number of carbonyl (C=O) groups excluding carboxylic acids is 2. The first kappa shape index (κ1) is 56.6. The molecule has 0 saturated heterocycles. The first-order chi connectivity index (χ1) is 30.8. The molecule has 9 nitrogen and oxygen atoms in total. The summed E-state index contributed by atoms with van der Waals surface area (Å²) in [6, 6.07) is 17.0. The highest BCUT2D eigenvalue weighted by Gasteiger charge is 2.27. The summed E-state index contributed by atoms with van der Waals surface area (Å²) in [4.78, 5) is 36.5. The van der Waals surface area contributed by atoms with E-state index in [1.165, 1.54) is 154 Å². The van der Waals surface area contributed by atoms with Crippen LogP contribution in [-0.2, 0) is 28.0 Å². The van der Waals surface area contributed by atoms with Gasteiger partial charge in [0.15, 0.2) is 0 Å². The Hall–Kier alpha value is -2.55. The molecule has 360 valence electrons. The quantitative estimate of drug-likeness (QED) is 0.0394. The van der Waals surface area contributed by atoms with Crippen molar-refractivity contribution in [1.29, 1.82) is 0 Å². The molecule has 63 heavy (non-hydrogen) atoms. The Labute approximate surface area is 384 Å². The highest BCUT2D eigenvalue weighted by molar-refractivity contribution is 7.52. The van der Waals surface area contributed by atoms with E-state index in [2.05, 4.69) is 13.8 Å². The van der Waals surface area contributed by atoms with Gasteiger partial charge in [-0.25, -0.2) is 9.59 Å². The van der Waals surface area contributed by atoms with Crippen molar-refractivity contribution in [3.63, 3.8) is 0 Å². The van der Waals surface area contributed by atoms with Crippen molar-refractivity contribution in [2.24, 2.45) is 0 Å². The van der Waals surface area contributed by atoms with E-state index in [4.69, 9.17) is 23.5 Å². The van der Waals surface area contributed by atoms with Crippen molar-refractivity contribution in [2.45, 2.75) is 212 Å². The van der Waals surface area contributed by atoms with Crippen molar-refractivity contribution in [3.05, 3.63) is 71.8 Å². The topological polar surface area (TPSA) is 118 Å². The minimum Gasteiger partial charge on any atom is -0.458 e. The average molecular weight is 901 g/mol. The third-order valence-corrected chi connectivity index (χ3v) is 13.1. The molecule has 2 rings (SSSR count). The molecular formula is C53H89O9P. The summed E-state index contributed by atoms with van der Waals surface area (Å²) in [5, 5.41) is 0. The molecule has 2 aromatic rings. The summed E-state index contributed by atoms with van der Waals surface area (Å²) in [6.07, 6.45) is 34.3. The van der Waals surface area contributed by atoms with Crippen LogP contribution < -0.4 is 0 Å². The molecule has 0 radical (unpaired) electrons. The standard InChI is InChI=1S/C53H89O9P/c1-3-5-7-9-11-13-15-17-19-21-23-25-27-35-42-58-45-51(59-43-36-28-26-24-22-20-18-16-14-12-10-8-6-4-2)47-61-63(56,57)44-41-50(62-53(55)49-39-33-30-34-40-49)46-60-52(54)48-37-31-29-32-38-48/h29-34,37-40,50-51H,3-28,35-36,41-47H2,1-2H3,(H,56,57). The highest BCUT2D eigenvalue weighted by Crippen LogP contribution is 2.43. The normalized spacial score (nSPS) is 13.4.